The Bertz CT molecular complexity index is 1130. The first-order valence-corrected chi connectivity index (χ1v) is 18.0. The van der Waals surface area contributed by atoms with Crippen LogP contribution in [0.15, 0.2) is 24.3 Å². The summed E-state index contributed by atoms with van der Waals surface area (Å²) >= 11 is 3.21. The van der Waals surface area contributed by atoms with Crippen LogP contribution in [0.2, 0.25) is 0 Å². The average Bonchev–Trinajstić information content (AvgIpc) is 3.51. The lowest BCUT2D eigenvalue weighted by Crippen LogP contribution is -2.57. The summed E-state index contributed by atoms with van der Waals surface area (Å²) < 4.78 is 10.7. The Balaban J connectivity index is 1.34. The van der Waals surface area contributed by atoms with Crippen molar-refractivity contribution in [2.24, 2.45) is 5.92 Å². The Morgan fingerprint density at radius 1 is 1.02 bits per heavy atom. The first-order chi connectivity index (χ1) is 21.0. The van der Waals surface area contributed by atoms with Crippen LogP contribution in [0.25, 0.3) is 0 Å². The van der Waals surface area contributed by atoms with Gasteiger partial charge >= 0.3 is 6.09 Å². The predicted molar refractivity (Wildman–Crippen MR) is 175 cm³/mol. The predicted octanol–water partition coefficient (Wildman–Crippen LogP) is 4.52. The molecule has 1 aromatic carbocycles. The summed E-state index contributed by atoms with van der Waals surface area (Å²) in [6.45, 7) is 6.46. The number of likely N-dealkylation sites (tertiary alicyclic amines) is 1. The molecule has 0 radical (unpaired) electrons. The van der Waals surface area contributed by atoms with Crippen molar-refractivity contribution in [1.82, 2.24) is 20.4 Å². The number of carbonyl (C=O) groups is 4. The quantitative estimate of drug-likeness (QED) is 0.381. The van der Waals surface area contributed by atoms with E-state index in [1.807, 2.05) is 4.90 Å². The molecule has 1 saturated carbocycles. The fraction of sp³-hybridized carbons (Fsp3) is 0.688. The number of amides is 4. The molecule has 2 aliphatic heterocycles. The normalized spacial score (nSPS) is 20.6. The molecule has 0 bridgehead atoms. The first kappa shape index (κ1) is 34.3. The summed E-state index contributed by atoms with van der Waals surface area (Å²) in [5.41, 5.74) is -0.0604. The molecule has 4 amide bonds. The van der Waals surface area contributed by atoms with Gasteiger partial charge in [-0.1, -0.05) is 19.3 Å². The fourth-order valence-electron chi connectivity index (χ4n) is 5.76. The third-order valence-corrected chi connectivity index (χ3v) is 10.6. The van der Waals surface area contributed by atoms with Crippen molar-refractivity contribution in [3.63, 3.8) is 0 Å². The summed E-state index contributed by atoms with van der Waals surface area (Å²) in [7, 11) is 1.59. The van der Waals surface area contributed by atoms with Gasteiger partial charge in [-0.05, 0) is 82.4 Å². The molecule has 2 N–H and O–H groups in total. The summed E-state index contributed by atoms with van der Waals surface area (Å²) in [5, 5.41) is 6.13. The Morgan fingerprint density at radius 2 is 1.70 bits per heavy atom. The summed E-state index contributed by atoms with van der Waals surface area (Å²) in [4.78, 5) is 56.1. The molecule has 10 nitrogen and oxygen atoms in total. The van der Waals surface area contributed by atoms with Crippen molar-refractivity contribution in [2.75, 3.05) is 43.3 Å². The number of rotatable bonds is 10. The molecule has 0 unspecified atom stereocenters. The molecule has 2 saturated heterocycles. The van der Waals surface area contributed by atoms with Crippen LogP contribution in [0.5, 0.6) is 5.75 Å². The summed E-state index contributed by atoms with van der Waals surface area (Å²) in [5.74, 6) is 3.02. The number of benzene rings is 1. The highest BCUT2D eigenvalue weighted by molar-refractivity contribution is 7.99. The Labute approximate surface area is 270 Å². The molecule has 4 rings (SSSR count). The maximum absolute atomic E-state index is 13.6. The van der Waals surface area contributed by atoms with Crippen LogP contribution in [-0.2, 0) is 14.3 Å². The van der Waals surface area contributed by atoms with Gasteiger partial charge in [0.15, 0.2) is 0 Å². The number of nitrogens with zero attached hydrogens (tertiary/aromatic N) is 2. The second-order valence-electron chi connectivity index (χ2n) is 12.9. The van der Waals surface area contributed by atoms with Crippen molar-refractivity contribution in [3.8, 4) is 5.75 Å². The fourth-order valence-corrected chi connectivity index (χ4v) is 8.18. The third-order valence-electron chi connectivity index (χ3n) is 8.27. The summed E-state index contributed by atoms with van der Waals surface area (Å²) in [6.07, 6.45) is 6.98. The molecule has 2 atom stereocenters. The molecule has 244 valence electrons. The molecule has 1 aliphatic carbocycles. The van der Waals surface area contributed by atoms with E-state index in [0.29, 0.717) is 60.5 Å². The van der Waals surface area contributed by atoms with Gasteiger partial charge in [0.1, 0.15) is 23.4 Å². The third kappa shape index (κ3) is 9.95. The lowest BCUT2D eigenvalue weighted by Gasteiger charge is -2.33. The largest absolute Gasteiger partial charge is 0.497 e. The highest BCUT2D eigenvalue weighted by Gasteiger charge is 2.39. The minimum atomic E-state index is -0.721. The number of hydrogen-bond donors (Lipinski definition) is 2. The molecule has 2 heterocycles. The van der Waals surface area contributed by atoms with E-state index in [1.54, 1.807) is 63.9 Å². The second kappa shape index (κ2) is 16.1. The SMILES string of the molecule is COc1ccc(C(=O)N2CCC(NC(=O)[C@H](CSCC3CCCCC3)NC(=O)[C@@H]3CSCN3C(=O)OC(C)(C)C)CC2)cc1. The van der Waals surface area contributed by atoms with Gasteiger partial charge in [-0.2, -0.15) is 11.8 Å². The molecule has 1 aromatic rings. The smallest absolute Gasteiger partial charge is 0.411 e. The van der Waals surface area contributed by atoms with E-state index in [1.165, 1.54) is 48.8 Å². The maximum Gasteiger partial charge on any atom is 0.411 e. The number of carbonyl (C=O) groups excluding carboxylic acids is 4. The monoisotopic (exact) mass is 648 g/mol. The van der Waals surface area contributed by atoms with E-state index >= 15 is 0 Å². The summed E-state index contributed by atoms with van der Waals surface area (Å²) in [6, 6.07) is 5.57. The first-order valence-electron chi connectivity index (χ1n) is 15.7. The minimum Gasteiger partial charge on any atom is -0.497 e. The molecule has 3 aliphatic rings. The topological polar surface area (TPSA) is 117 Å². The number of ether oxygens (including phenoxy) is 2. The van der Waals surface area contributed by atoms with Gasteiger partial charge in [0.25, 0.3) is 5.91 Å². The number of nitrogens with one attached hydrogen (secondary N) is 2. The van der Waals surface area contributed by atoms with E-state index < -0.39 is 23.8 Å². The Hall–Kier alpha value is -2.60. The zero-order valence-electron chi connectivity index (χ0n) is 26.5. The highest BCUT2D eigenvalue weighted by atomic mass is 32.2. The van der Waals surface area contributed by atoms with Crippen molar-refractivity contribution in [1.29, 1.82) is 0 Å². The van der Waals surface area contributed by atoms with Crippen molar-refractivity contribution in [2.45, 2.75) is 89.4 Å². The van der Waals surface area contributed by atoms with E-state index in [-0.39, 0.29) is 23.8 Å². The van der Waals surface area contributed by atoms with Crippen LogP contribution in [0.4, 0.5) is 4.79 Å². The number of thioether (sulfide) groups is 2. The van der Waals surface area contributed by atoms with Crippen LogP contribution < -0.4 is 15.4 Å². The number of piperidine rings is 1. The van der Waals surface area contributed by atoms with Gasteiger partial charge in [-0.15, -0.1) is 11.8 Å². The van der Waals surface area contributed by atoms with Gasteiger partial charge in [0.05, 0.1) is 13.0 Å². The Kier molecular flexibility index (Phi) is 12.5. The van der Waals surface area contributed by atoms with Crippen molar-refractivity contribution >= 4 is 47.3 Å². The van der Waals surface area contributed by atoms with Gasteiger partial charge in [0, 0.05) is 36.2 Å². The molecule has 12 heteroatoms. The van der Waals surface area contributed by atoms with Gasteiger partial charge < -0.3 is 25.0 Å². The molecule has 0 aromatic heterocycles. The van der Waals surface area contributed by atoms with Crippen LogP contribution >= 0.6 is 23.5 Å². The van der Waals surface area contributed by atoms with Crippen molar-refractivity contribution < 1.29 is 28.7 Å². The van der Waals surface area contributed by atoms with Crippen LogP contribution in [0, 0.1) is 5.92 Å². The van der Waals surface area contributed by atoms with Gasteiger partial charge in [-0.25, -0.2) is 4.79 Å². The van der Waals surface area contributed by atoms with Crippen LogP contribution in [0.3, 0.4) is 0 Å². The zero-order valence-corrected chi connectivity index (χ0v) is 28.1. The zero-order chi connectivity index (χ0) is 31.7. The molecular weight excluding hydrogens is 601 g/mol. The molecule has 3 fully saturated rings. The van der Waals surface area contributed by atoms with E-state index in [9.17, 15) is 19.2 Å². The molecular formula is C32H48N4O6S2. The van der Waals surface area contributed by atoms with Crippen molar-refractivity contribution in [3.05, 3.63) is 29.8 Å². The van der Waals surface area contributed by atoms with Gasteiger partial charge in [-0.3, -0.25) is 19.3 Å². The van der Waals surface area contributed by atoms with E-state index in [2.05, 4.69) is 10.6 Å². The van der Waals surface area contributed by atoms with Crippen LogP contribution in [-0.4, -0.2) is 101 Å². The van der Waals surface area contributed by atoms with Gasteiger partial charge in [0.2, 0.25) is 11.8 Å². The molecule has 44 heavy (non-hydrogen) atoms. The highest BCUT2D eigenvalue weighted by Crippen LogP contribution is 2.28. The number of methoxy groups -OCH3 is 1. The molecule has 0 spiro atoms. The minimum absolute atomic E-state index is 0.0364. The lowest BCUT2D eigenvalue weighted by atomic mass is 9.91. The average molecular weight is 649 g/mol. The van der Waals surface area contributed by atoms with E-state index in [0.717, 1.165) is 5.75 Å². The maximum atomic E-state index is 13.6. The second-order valence-corrected chi connectivity index (χ2v) is 14.9. The Morgan fingerprint density at radius 3 is 2.34 bits per heavy atom. The van der Waals surface area contributed by atoms with E-state index in [4.69, 9.17) is 9.47 Å². The lowest BCUT2D eigenvalue weighted by molar-refractivity contribution is -0.131. The number of hydrogen-bond acceptors (Lipinski definition) is 8. The van der Waals surface area contributed by atoms with Crippen LogP contribution in [0.1, 0.15) is 76.1 Å². The standard InChI is InChI=1S/C32H48N4O6S2/c1-32(2,3)42-31(40)36-21-44-20-27(36)29(38)34-26(19-43-18-22-8-6-5-7-9-22)28(37)33-24-14-16-35(17-15-24)30(39)23-10-12-25(41-4)13-11-23/h10-13,22,24,26-27H,5-9,14-21H2,1-4H3,(H,33,37)(H,34,38)/t26-,27-/m0/s1.